The van der Waals surface area contributed by atoms with Gasteiger partial charge in [-0.15, -0.1) is 0 Å². The molecule has 0 spiro atoms. The Morgan fingerprint density at radius 3 is 2.47 bits per heavy atom. The third kappa shape index (κ3) is 3.04. The molecule has 2 heterocycles. The van der Waals surface area contributed by atoms with E-state index in [-0.39, 0.29) is 6.79 Å². The molecule has 7 rings (SSSR count). The maximum atomic E-state index is 6.44. The van der Waals surface area contributed by atoms with Gasteiger partial charge in [-0.2, -0.15) is 0 Å². The van der Waals surface area contributed by atoms with E-state index in [1.165, 1.54) is 0 Å². The van der Waals surface area contributed by atoms with Crippen molar-refractivity contribution in [3.8, 4) is 23.0 Å². The molecule has 4 aromatic carbocycles. The topological polar surface area (TPSA) is 49.8 Å². The summed E-state index contributed by atoms with van der Waals surface area (Å²) in [6.45, 7) is 0.731. The van der Waals surface area contributed by atoms with Crippen molar-refractivity contribution in [1.29, 1.82) is 0 Å². The van der Waals surface area contributed by atoms with Gasteiger partial charge in [0.15, 0.2) is 23.0 Å². The van der Waals surface area contributed by atoms with Crippen LogP contribution in [0.2, 0.25) is 0 Å². The van der Waals surface area contributed by atoms with Crippen LogP contribution in [-0.2, 0) is 6.61 Å². The summed E-state index contributed by atoms with van der Waals surface area (Å²) in [5.74, 6) is 3.50. The molecule has 1 aliphatic carbocycles. The van der Waals surface area contributed by atoms with Gasteiger partial charge in [-0.1, -0.05) is 42.5 Å². The van der Waals surface area contributed by atoms with Crippen LogP contribution >= 0.6 is 0 Å². The molecule has 0 amide bonds. The largest absolute Gasteiger partial charge is 0.493 e. The highest BCUT2D eigenvalue weighted by Gasteiger charge is 2.31. The van der Waals surface area contributed by atoms with Crippen LogP contribution in [0.1, 0.15) is 30.0 Å². The maximum absolute atomic E-state index is 6.44. The van der Waals surface area contributed by atoms with Crippen LogP contribution in [0.15, 0.2) is 66.7 Å². The Hall–Kier alpha value is -3.99. The monoisotopic (exact) mass is 449 g/mol. The van der Waals surface area contributed by atoms with Crippen molar-refractivity contribution in [2.45, 2.75) is 25.4 Å². The summed E-state index contributed by atoms with van der Waals surface area (Å²) in [7, 11) is 1.69. The number of benzene rings is 4. The average molecular weight is 450 g/mol. The standard InChI is InChI=1S/C29H23NO4/c1-31-23-12-11-20-21-10-9-19-13-24-25(34-16-33-24)14-22(19)28(21)30-27(18-7-8-18)26(20)29(23)32-15-17-5-3-2-4-6-17/h2-6,9-14,18H,7-8,15-16H2,1H3. The molecule has 5 heteroatoms. The summed E-state index contributed by atoms with van der Waals surface area (Å²) in [5.41, 5.74) is 3.20. The average Bonchev–Trinajstić information content (AvgIpc) is 3.63. The molecule has 2 aliphatic rings. The molecule has 0 radical (unpaired) electrons. The highest BCUT2D eigenvalue weighted by molar-refractivity contribution is 6.17. The van der Waals surface area contributed by atoms with E-state index in [1.807, 2.05) is 30.3 Å². The van der Waals surface area contributed by atoms with Gasteiger partial charge in [0.05, 0.1) is 23.7 Å². The lowest BCUT2D eigenvalue weighted by molar-refractivity contribution is 0.174. The molecular formula is C29H23NO4. The van der Waals surface area contributed by atoms with Gasteiger partial charge in [-0.05, 0) is 53.4 Å². The summed E-state index contributed by atoms with van der Waals surface area (Å²) in [5, 5.41) is 5.46. The zero-order valence-electron chi connectivity index (χ0n) is 18.8. The van der Waals surface area contributed by atoms with Crippen LogP contribution in [0.4, 0.5) is 0 Å². The van der Waals surface area contributed by atoms with Gasteiger partial charge in [0, 0.05) is 16.7 Å². The van der Waals surface area contributed by atoms with Gasteiger partial charge in [-0.3, -0.25) is 4.98 Å². The molecular weight excluding hydrogens is 426 g/mol. The Kier molecular flexibility index (Phi) is 4.31. The first kappa shape index (κ1) is 19.5. The highest BCUT2D eigenvalue weighted by atomic mass is 16.7. The molecule has 1 fully saturated rings. The minimum Gasteiger partial charge on any atom is -0.493 e. The normalized spacial score (nSPS) is 14.7. The molecule has 1 saturated carbocycles. The number of methoxy groups -OCH3 is 1. The van der Waals surface area contributed by atoms with Crippen molar-refractivity contribution in [3.05, 3.63) is 78.0 Å². The third-order valence-electron chi connectivity index (χ3n) is 6.79. The van der Waals surface area contributed by atoms with Gasteiger partial charge in [0.1, 0.15) is 6.61 Å². The molecule has 0 bridgehead atoms. The SMILES string of the molecule is COc1ccc2c(c(C3CC3)nc3c4cc5c(cc4ccc23)OCO5)c1OCc1ccccc1. The van der Waals surface area contributed by atoms with Crippen LogP contribution in [0.5, 0.6) is 23.0 Å². The van der Waals surface area contributed by atoms with Crippen molar-refractivity contribution in [1.82, 2.24) is 4.98 Å². The Morgan fingerprint density at radius 2 is 1.68 bits per heavy atom. The number of rotatable bonds is 5. The van der Waals surface area contributed by atoms with Crippen LogP contribution in [0, 0.1) is 0 Å². The Labute approximate surface area is 196 Å². The fourth-order valence-electron chi connectivity index (χ4n) is 4.94. The fourth-order valence-corrected chi connectivity index (χ4v) is 4.94. The second-order valence-corrected chi connectivity index (χ2v) is 8.95. The molecule has 5 aromatic rings. The van der Waals surface area contributed by atoms with E-state index in [4.69, 9.17) is 23.9 Å². The molecule has 0 unspecified atom stereocenters. The second kappa shape index (κ2) is 7.52. The van der Waals surface area contributed by atoms with Crippen LogP contribution in [0.3, 0.4) is 0 Å². The molecule has 0 atom stereocenters. The van der Waals surface area contributed by atoms with Gasteiger partial charge < -0.3 is 18.9 Å². The van der Waals surface area contributed by atoms with Crippen molar-refractivity contribution in [2.75, 3.05) is 13.9 Å². The van der Waals surface area contributed by atoms with E-state index >= 15 is 0 Å². The summed E-state index contributed by atoms with van der Waals surface area (Å²) in [4.78, 5) is 5.28. The van der Waals surface area contributed by atoms with E-state index in [2.05, 4.69) is 36.4 Å². The van der Waals surface area contributed by atoms with Crippen molar-refractivity contribution in [2.24, 2.45) is 0 Å². The van der Waals surface area contributed by atoms with Crippen molar-refractivity contribution >= 4 is 32.4 Å². The quantitative estimate of drug-likeness (QED) is 0.278. The number of hydrogen-bond acceptors (Lipinski definition) is 5. The van der Waals surface area contributed by atoms with E-state index in [1.54, 1.807) is 7.11 Å². The van der Waals surface area contributed by atoms with E-state index < -0.39 is 0 Å². The molecule has 1 aromatic heterocycles. The van der Waals surface area contributed by atoms with Crippen molar-refractivity contribution in [3.63, 3.8) is 0 Å². The highest BCUT2D eigenvalue weighted by Crippen LogP contribution is 2.49. The molecule has 34 heavy (non-hydrogen) atoms. The van der Waals surface area contributed by atoms with Crippen LogP contribution < -0.4 is 18.9 Å². The maximum Gasteiger partial charge on any atom is 0.231 e. The lowest BCUT2D eigenvalue weighted by atomic mass is 9.97. The Bertz CT molecular complexity index is 1570. The predicted molar refractivity (Wildman–Crippen MR) is 132 cm³/mol. The van der Waals surface area contributed by atoms with Crippen LogP contribution in [0.25, 0.3) is 32.4 Å². The zero-order chi connectivity index (χ0) is 22.6. The minimum atomic E-state index is 0.259. The molecule has 5 nitrogen and oxygen atoms in total. The number of hydrogen-bond donors (Lipinski definition) is 0. The van der Waals surface area contributed by atoms with Gasteiger partial charge >= 0.3 is 0 Å². The van der Waals surface area contributed by atoms with Gasteiger partial charge in [-0.25, -0.2) is 0 Å². The van der Waals surface area contributed by atoms with E-state index in [9.17, 15) is 0 Å². The third-order valence-corrected chi connectivity index (χ3v) is 6.79. The first-order valence-corrected chi connectivity index (χ1v) is 11.6. The zero-order valence-corrected chi connectivity index (χ0v) is 18.8. The van der Waals surface area contributed by atoms with Crippen LogP contribution in [-0.4, -0.2) is 18.9 Å². The summed E-state index contributed by atoms with van der Waals surface area (Å²) >= 11 is 0. The fraction of sp³-hybridized carbons (Fsp3) is 0.207. The predicted octanol–water partition coefficient (Wildman–Crippen LogP) is 6.73. The first-order chi connectivity index (χ1) is 16.8. The first-order valence-electron chi connectivity index (χ1n) is 11.6. The summed E-state index contributed by atoms with van der Waals surface area (Å²) in [6.07, 6.45) is 2.28. The van der Waals surface area contributed by atoms with Crippen molar-refractivity contribution < 1.29 is 18.9 Å². The lowest BCUT2D eigenvalue weighted by Gasteiger charge is -2.18. The number of pyridine rings is 1. The number of fused-ring (bicyclic) bond motifs is 6. The summed E-state index contributed by atoms with van der Waals surface area (Å²) < 4.78 is 23.5. The number of aromatic nitrogens is 1. The number of nitrogens with zero attached hydrogens (tertiary/aromatic N) is 1. The molecule has 0 saturated heterocycles. The van der Waals surface area contributed by atoms with Gasteiger partial charge in [0.25, 0.3) is 0 Å². The lowest BCUT2D eigenvalue weighted by Crippen LogP contribution is -2.01. The summed E-state index contributed by atoms with van der Waals surface area (Å²) in [6, 6.07) is 22.7. The smallest absolute Gasteiger partial charge is 0.231 e. The molecule has 0 N–H and O–H groups in total. The van der Waals surface area contributed by atoms with E-state index in [0.717, 1.165) is 79.5 Å². The number of ether oxygens (including phenoxy) is 4. The van der Waals surface area contributed by atoms with Gasteiger partial charge in [0.2, 0.25) is 6.79 Å². The second-order valence-electron chi connectivity index (χ2n) is 8.95. The van der Waals surface area contributed by atoms with E-state index in [0.29, 0.717) is 12.5 Å². The Morgan fingerprint density at radius 1 is 0.882 bits per heavy atom. The molecule has 168 valence electrons. The molecule has 1 aliphatic heterocycles. The minimum absolute atomic E-state index is 0.259. The Balaban J connectivity index is 1.49.